The lowest BCUT2D eigenvalue weighted by atomic mass is 10.3. The molecule has 0 aliphatic carbocycles. The number of sulfonamides is 1. The van der Waals surface area contributed by atoms with Crippen LogP contribution < -0.4 is 4.72 Å². The molecule has 20 heavy (non-hydrogen) atoms. The van der Waals surface area contributed by atoms with Crippen molar-refractivity contribution in [3.63, 3.8) is 0 Å². The first-order chi connectivity index (χ1) is 9.33. The minimum Gasteiger partial charge on any atom is -0.391 e. The maximum atomic E-state index is 12.3. The van der Waals surface area contributed by atoms with Crippen molar-refractivity contribution in [1.29, 1.82) is 0 Å². The van der Waals surface area contributed by atoms with Crippen LogP contribution in [-0.4, -0.2) is 18.5 Å². The molecule has 0 aromatic carbocycles. The third-order valence-electron chi connectivity index (χ3n) is 2.65. The molecular formula is C12H13BrN2O3S2. The lowest BCUT2D eigenvalue weighted by Gasteiger charge is -2.08. The predicted molar refractivity (Wildman–Crippen MR) is 82.5 cm³/mol. The number of aromatic nitrogens is 1. The van der Waals surface area contributed by atoms with E-state index in [1.54, 1.807) is 19.2 Å². The number of nitrogens with one attached hydrogen (secondary N) is 1. The summed E-state index contributed by atoms with van der Waals surface area (Å²) >= 11 is 4.57. The zero-order chi connectivity index (χ0) is 14.9. The third kappa shape index (κ3) is 3.20. The summed E-state index contributed by atoms with van der Waals surface area (Å²) in [6, 6.07) is 3.13. The summed E-state index contributed by atoms with van der Waals surface area (Å²) in [5.41, 5.74) is 0.885. The van der Waals surface area contributed by atoms with Gasteiger partial charge in [-0.3, -0.25) is 4.72 Å². The predicted octanol–water partition coefficient (Wildman–Crippen LogP) is 2.82. The highest BCUT2D eigenvalue weighted by atomic mass is 79.9. The fourth-order valence-electron chi connectivity index (χ4n) is 1.66. The van der Waals surface area contributed by atoms with Crippen molar-refractivity contribution in [2.24, 2.45) is 0 Å². The van der Waals surface area contributed by atoms with E-state index in [0.29, 0.717) is 9.75 Å². The maximum Gasteiger partial charge on any atom is 0.264 e. The van der Waals surface area contributed by atoms with Gasteiger partial charge in [-0.25, -0.2) is 13.4 Å². The second-order valence-corrected chi connectivity index (χ2v) is 8.06. The molecule has 5 nitrogen and oxygen atoms in total. The van der Waals surface area contributed by atoms with Crippen molar-refractivity contribution < 1.29 is 13.5 Å². The molecule has 0 aliphatic heterocycles. The minimum atomic E-state index is -3.69. The van der Waals surface area contributed by atoms with Gasteiger partial charge in [0.1, 0.15) is 10.7 Å². The Balaban J connectivity index is 2.35. The van der Waals surface area contributed by atoms with E-state index in [2.05, 4.69) is 25.6 Å². The first kappa shape index (κ1) is 15.4. The molecule has 108 valence electrons. The molecule has 0 aliphatic rings. The summed E-state index contributed by atoms with van der Waals surface area (Å²) in [7, 11) is -3.69. The third-order valence-corrected chi connectivity index (χ3v) is 6.13. The lowest BCUT2D eigenvalue weighted by molar-refractivity contribution is 0.285. The average Bonchev–Trinajstić information content (AvgIpc) is 2.76. The van der Waals surface area contributed by atoms with Crippen molar-refractivity contribution in [2.75, 3.05) is 4.72 Å². The number of pyridine rings is 1. The van der Waals surface area contributed by atoms with E-state index in [0.717, 1.165) is 10.0 Å². The number of aryl methyl sites for hydroxylation is 2. The smallest absolute Gasteiger partial charge is 0.264 e. The van der Waals surface area contributed by atoms with Crippen LogP contribution in [-0.2, 0) is 16.6 Å². The number of aliphatic hydroxyl groups is 1. The van der Waals surface area contributed by atoms with Gasteiger partial charge in [0.15, 0.2) is 0 Å². The van der Waals surface area contributed by atoms with Crippen molar-refractivity contribution in [2.45, 2.75) is 25.3 Å². The van der Waals surface area contributed by atoms with E-state index >= 15 is 0 Å². The molecule has 0 spiro atoms. The molecule has 2 aromatic heterocycles. The molecule has 0 amide bonds. The quantitative estimate of drug-likeness (QED) is 0.859. The number of nitrogens with zero attached hydrogens (tertiary/aromatic N) is 1. The van der Waals surface area contributed by atoms with Crippen LogP contribution in [0.1, 0.15) is 15.3 Å². The van der Waals surface area contributed by atoms with Gasteiger partial charge in [0, 0.05) is 20.4 Å². The number of hydrogen-bond acceptors (Lipinski definition) is 5. The van der Waals surface area contributed by atoms with E-state index in [4.69, 9.17) is 5.11 Å². The Hall–Kier alpha value is -0.960. The molecule has 0 bridgehead atoms. The molecule has 0 atom stereocenters. The van der Waals surface area contributed by atoms with Gasteiger partial charge in [0.05, 0.1) is 6.61 Å². The molecule has 2 heterocycles. The van der Waals surface area contributed by atoms with Gasteiger partial charge in [0.25, 0.3) is 10.0 Å². The summed E-state index contributed by atoms with van der Waals surface area (Å²) in [6.07, 6.45) is 1.55. The van der Waals surface area contributed by atoms with Crippen LogP contribution in [0, 0.1) is 13.8 Å². The number of halogens is 1. The largest absolute Gasteiger partial charge is 0.391 e. The second-order valence-electron chi connectivity index (χ2n) is 4.22. The Morgan fingerprint density at radius 2 is 2.10 bits per heavy atom. The molecule has 2 aromatic rings. The Kier molecular flexibility index (Phi) is 4.48. The van der Waals surface area contributed by atoms with Crippen molar-refractivity contribution in [3.05, 3.63) is 38.1 Å². The lowest BCUT2D eigenvalue weighted by Crippen LogP contribution is -2.14. The van der Waals surface area contributed by atoms with Crippen molar-refractivity contribution in [1.82, 2.24) is 4.98 Å². The number of aliphatic hydroxyl groups excluding tert-OH is 1. The molecule has 0 unspecified atom stereocenters. The highest BCUT2D eigenvalue weighted by Gasteiger charge is 2.20. The highest BCUT2D eigenvalue weighted by molar-refractivity contribution is 9.10. The van der Waals surface area contributed by atoms with Crippen LogP contribution in [0.15, 0.2) is 27.7 Å². The molecule has 0 saturated carbocycles. The number of thiophene rings is 1. The Bertz CT molecular complexity index is 741. The van der Waals surface area contributed by atoms with E-state index < -0.39 is 10.0 Å². The summed E-state index contributed by atoms with van der Waals surface area (Å²) in [5.74, 6) is 0.266. The summed E-state index contributed by atoms with van der Waals surface area (Å²) in [5, 5.41) is 9.08. The normalized spacial score (nSPS) is 11.6. The van der Waals surface area contributed by atoms with E-state index in [9.17, 15) is 8.42 Å². The van der Waals surface area contributed by atoms with Crippen LogP contribution in [0.3, 0.4) is 0 Å². The molecular weight excluding hydrogens is 364 g/mol. The highest BCUT2D eigenvalue weighted by Crippen LogP contribution is 2.27. The van der Waals surface area contributed by atoms with Gasteiger partial charge in [-0.2, -0.15) is 0 Å². The van der Waals surface area contributed by atoms with Crippen molar-refractivity contribution >= 4 is 43.1 Å². The minimum absolute atomic E-state index is 0.170. The SMILES string of the molecule is Cc1cc(NS(=O)(=O)c2cc(CO)sc2C)ncc1Br. The Morgan fingerprint density at radius 1 is 1.40 bits per heavy atom. The molecule has 2 rings (SSSR count). The monoisotopic (exact) mass is 376 g/mol. The van der Waals surface area contributed by atoms with Gasteiger partial charge in [0.2, 0.25) is 0 Å². The first-order valence-corrected chi connectivity index (χ1v) is 8.78. The van der Waals surface area contributed by atoms with E-state index in [1.807, 2.05) is 6.92 Å². The molecule has 0 saturated heterocycles. The maximum absolute atomic E-state index is 12.3. The van der Waals surface area contributed by atoms with Gasteiger partial charge in [-0.05, 0) is 47.5 Å². The first-order valence-electron chi connectivity index (χ1n) is 5.68. The topological polar surface area (TPSA) is 79.3 Å². The number of hydrogen-bond donors (Lipinski definition) is 2. The summed E-state index contributed by atoms with van der Waals surface area (Å²) < 4.78 is 27.9. The van der Waals surface area contributed by atoms with Crippen LogP contribution in [0.4, 0.5) is 5.82 Å². The zero-order valence-electron chi connectivity index (χ0n) is 10.8. The van der Waals surface area contributed by atoms with E-state index in [-0.39, 0.29) is 17.3 Å². The molecule has 8 heteroatoms. The molecule has 2 N–H and O–H groups in total. The van der Waals surface area contributed by atoms with Gasteiger partial charge in [-0.1, -0.05) is 0 Å². The molecule has 0 radical (unpaired) electrons. The van der Waals surface area contributed by atoms with E-state index in [1.165, 1.54) is 17.4 Å². The second kappa shape index (κ2) is 5.80. The van der Waals surface area contributed by atoms with Gasteiger partial charge < -0.3 is 5.11 Å². The van der Waals surface area contributed by atoms with Crippen LogP contribution in [0.5, 0.6) is 0 Å². The van der Waals surface area contributed by atoms with Crippen LogP contribution in [0.25, 0.3) is 0 Å². The van der Waals surface area contributed by atoms with Crippen molar-refractivity contribution in [3.8, 4) is 0 Å². The number of anilines is 1. The van der Waals surface area contributed by atoms with Gasteiger partial charge >= 0.3 is 0 Å². The molecule has 0 fully saturated rings. The summed E-state index contributed by atoms with van der Waals surface area (Å²) in [6.45, 7) is 3.39. The average molecular weight is 377 g/mol. The number of rotatable bonds is 4. The Labute approximate surface area is 129 Å². The standard InChI is InChI=1S/C12H13BrN2O3S2/c1-7-3-12(14-5-10(7)13)15-20(17,18)11-4-9(6-16)19-8(11)2/h3-5,16H,6H2,1-2H3,(H,14,15). The fourth-order valence-corrected chi connectivity index (χ4v) is 4.37. The van der Waals surface area contributed by atoms with Gasteiger partial charge in [-0.15, -0.1) is 11.3 Å². The van der Waals surface area contributed by atoms with Crippen LogP contribution in [0.2, 0.25) is 0 Å². The Morgan fingerprint density at radius 3 is 2.65 bits per heavy atom. The zero-order valence-corrected chi connectivity index (χ0v) is 14.1. The fraction of sp³-hybridized carbons (Fsp3) is 0.250. The summed E-state index contributed by atoms with van der Waals surface area (Å²) in [4.78, 5) is 5.45. The van der Waals surface area contributed by atoms with Crippen LogP contribution >= 0.6 is 27.3 Å².